The second kappa shape index (κ2) is 7.67. The lowest BCUT2D eigenvalue weighted by atomic mass is 10.00. The lowest BCUT2D eigenvalue weighted by Gasteiger charge is -2.12. The number of fused-ring (bicyclic) bond motifs is 2. The first-order valence-corrected chi connectivity index (χ1v) is 10.5. The van der Waals surface area contributed by atoms with Crippen LogP contribution < -0.4 is 0 Å². The van der Waals surface area contributed by atoms with Gasteiger partial charge < -0.3 is 0 Å². The fourth-order valence-corrected chi connectivity index (χ4v) is 4.06. The van der Waals surface area contributed by atoms with E-state index >= 15 is 0 Å². The van der Waals surface area contributed by atoms with Gasteiger partial charge >= 0.3 is 0 Å². The van der Waals surface area contributed by atoms with Crippen molar-refractivity contribution < 1.29 is 0 Å². The van der Waals surface area contributed by atoms with Gasteiger partial charge in [0.05, 0.1) is 33.5 Å². The van der Waals surface area contributed by atoms with Gasteiger partial charge in [-0.25, -0.2) is 9.97 Å². The van der Waals surface area contributed by atoms with Gasteiger partial charge in [0.2, 0.25) is 0 Å². The minimum absolute atomic E-state index is 0.812. The van der Waals surface area contributed by atoms with Crippen LogP contribution in [0, 0.1) is 0 Å². The minimum atomic E-state index is 0.812. The number of nitrogens with zero attached hydrogens (tertiary/aromatic N) is 4. The summed E-state index contributed by atoms with van der Waals surface area (Å²) in [5.41, 5.74) is 9.37. The van der Waals surface area contributed by atoms with E-state index in [9.17, 15) is 0 Å². The highest BCUT2D eigenvalue weighted by Gasteiger charge is 2.14. The molecule has 4 heteroatoms. The molecule has 4 nitrogen and oxygen atoms in total. The van der Waals surface area contributed by atoms with E-state index in [4.69, 9.17) is 9.97 Å². The van der Waals surface area contributed by atoms with E-state index in [-0.39, 0.29) is 0 Å². The van der Waals surface area contributed by atoms with Crippen LogP contribution in [0.3, 0.4) is 0 Å². The zero-order valence-electron chi connectivity index (χ0n) is 17.2. The van der Waals surface area contributed by atoms with Crippen LogP contribution in [0.15, 0.2) is 109 Å². The zero-order chi connectivity index (χ0) is 21.3. The van der Waals surface area contributed by atoms with Crippen molar-refractivity contribution >= 4 is 22.1 Å². The van der Waals surface area contributed by atoms with Crippen LogP contribution in [0.2, 0.25) is 0 Å². The van der Waals surface area contributed by atoms with Crippen molar-refractivity contribution in [2.75, 3.05) is 0 Å². The molecule has 6 aromatic rings. The molecule has 0 saturated heterocycles. The Hall–Kier alpha value is -4.44. The summed E-state index contributed by atoms with van der Waals surface area (Å²) >= 11 is 0. The fourth-order valence-electron chi connectivity index (χ4n) is 4.06. The van der Waals surface area contributed by atoms with E-state index < -0.39 is 0 Å². The molecule has 150 valence electrons. The van der Waals surface area contributed by atoms with Crippen molar-refractivity contribution in [2.24, 2.45) is 0 Å². The maximum atomic E-state index is 4.93. The van der Waals surface area contributed by atoms with Gasteiger partial charge in [-0.3, -0.25) is 9.97 Å². The molecule has 0 aliphatic carbocycles. The van der Waals surface area contributed by atoms with Gasteiger partial charge in [-0.05, 0) is 47.5 Å². The topological polar surface area (TPSA) is 51.6 Å². The molecule has 0 radical (unpaired) electrons. The first-order valence-electron chi connectivity index (χ1n) is 10.5. The first kappa shape index (κ1) is 18.3. The Morgan fingerprint density at radius 1 is 0.438 bits per heavy atom. The summed E-state index contributed by atoms with van der Waals surface area (Å²) in [6.07, 6.45) is 3.62. The molecule has 0 saturated carbocycles. The number of rotatable bonds is 3. The smallest absolute Gasteiger partial charge is 0.0965 e. The highest BCUT2D eigenvalue weighted by Crippen LogP contribution is 2.34. The number of pyridine rings is 4. The standard InChI is InChI=1S/C28H18N4/c1-3-9-19(10-4-1)21-17-25(31-23-13-7-15-29-27(21)23)26-18-22(20-11-5-2-6-12-20)28-24(32-26)14-8-16-30-28/h1-18H. The van der Waals surface area contributed by atoms with Crippen molar-refractivity contribution in [3.63, 3.8) is 0 Å². The van der Waals surface area contributed by atoms with Gasteiger partial charge in [-0.1, -0.05) is 60.7 Å². The Morgan fingerprint density at radius 2 is 0.875 bits per heavy atom. The minimum Gasteiger partial charge on any atom is -0.254 e. The molecule has 32 heavy (non-hydrogen) atoms. The summed E-state index contributed by atoms with van der Waals surface area (Å²) in [5, 5.41) is 0. The van der Waals surface area contributed by atoms with Crippen molar-refractivity contribution in [2.45, 2.75) is 0 Å². The molecule has 0 unspecified atom stereocenters. The third kappa shape index (κ3) is 3.19. The van der Waals surface area contributed by atoms with Crippen LogP contribution in [-0.4, -0.2) is 19.9 Å². The molecule has 0 fully saturated rings. The molecule has 0 aliphatic rings. The molecule has 0 atom stereocenters. The SMILES string of the molecule is c1ccc(-c2cc(-c3cc(-c4ccccc4)c4ncccc4n3)nc3cccnc23)cc1. The van der Waals surface area contributed by atoms with Crippen molar-refractivity contribution in [1.29, 1.82) is 0 Å². The molecule has 4 heterocycles. The predicted molar refractivity (Wildman–Crippen MR) is 129 cm³/mol. The van der Waals surface area contributed by atoms with Gasteiger partial charge in [0.1, 0.15) is 0 Å². The van der Waals surface area contributed by atoms with Crippen LogP contribution in [-0.2, 0) is 0 Å². The second-order valence-electron chi connectivity index (χ2n) is 7.58. The average molecular weight is 410 g/mol. The molecule has 0 bridgehead atoms. The van der Waals surface area contributed by atoms with Crippen molar-refractivity contribution in [3.05, 3.63) is 109 Å². The Balaban J connectivity index is 1.64. The van der Waals surface area contributed by atoms with Crippen LogP contribution in [0.5, 0.6) is 0 Å². The molecule has 2 aromatic carbocycles. The summed E-state index contributed by atoms with van der Waals surface area (Å²) in [4.78, 5) is 19.1. The summed E-state index contributed by atoms with van der Waals surface area (Å²) in [5.74, 6) is 0. The summed E-state index contributed by atoms with van der Waals surface area (Å²) in [7, 11) is 0. The number of hydrogen-bond acceptors (Lipinski definition) is 4. The Bertz CT molecular complexity index is 1440. The third-order valence-electron chi connectivity index (χ3n) is 5.56. The normalized spacial score (nSPS) is 11.1. The van der Waals surface area contributed by atoms with Crippen LogP contribution in [0.1, 0.15) is 0 Å². The summed E-state index contributed by atoms with van der Waals surface area (Å²) < 4.78 is 0. The highest BCUT2D eigenvalue weighted by molar-refractivity contribution is 5.96. The van der Waals surface area contributed by atoms with Crippen LogP contribution in [0.4, 0.5) is 0 Å². The predicted octanol–water partition coefficient (Wildman–Crippen LogP) is 6.57. The molecule has 6 rings (SSSR count). The third-order valence-corrected chi connectivity index (χ3v) is 5.56. The van der Waals surface area contributed by atoms with Gasteiger partial charge in [-0.2, -0.15) is 0 Å². The van der Waals surface area contributed by atoms with Crippen LogP contribution >= 0.6 is 0 Å². The molecule has 0 N–H and O–H groups in total. The Labute approximate surface area is 185 Å². The number of benzene rings is 2. The summed E-state index contributed by atoms with van der Waals surface area (Å²) in [6.45, 7) is 0. The van der Waals surface area contributed by atoms with Gasteiger partial charge in [0.15, 0.2) is 0 Å². The molecular formula is C28H18N4. The van der Waals surface area contributed by atoms with Gasteiger partial charge in [-0.15, -0.1) is 0 Å². The van der Waals surface area contributed by atoms with Crippen molar-refractivity contribution in [3.8, 4) is 33.6 Å². The Morgan fingerprint density at radius 3 is 1.31 bits per heavy atom. The summed E-state index contributed by atoms with van der Waals surface area (Å²) in [6, 6.07) is 32.6. The van der Waals surface area contributed by atoms with Crippen molar-refractivity contribution in [1.82, 2.24) is 19.9 Å². The van der Waals surface area contributed by atoms with E-state index in [1.54, 1.807) is 0 Å². The van der Waals surface area contributed by atoms with Gasteiger partial charge in [0, 0.05) is 23.5 Å². The molecule has 4 aromatic heterocycles. The molecule has 0 amide bonds. The van der Waals surface area contributed by atoms with E-state index in [0.29, 0.717) is 0 Å². The van der Waals surface area contributed by atoms with E-state index in [1.807, 2.05) is 73.1 Å². The highest BCUT2D eigenvalue weighted by atomic mass is 14.8. The van der Waals surface area contributed by atoms with E-state index in [0.717, 1.165) is 55.7 Å². The monoisotopic (exact) mass is 410 g/mol. The maximum absolute atomic E-state index is 4.93. The molecule has 0 spiro atoms. The average Bonchev–Trinajstić information content (AvgIpc) is 2.88. The molecular weight excluding hydrogens is 392 g/mol. The van der Waals surface area contributed by atoms with Gasteiger partial charge in [0.25, 0.3) is 0 Å². The lowest BCUT2D eigenvalue weighted by Crippen LogP contribution is -1.96. The van der Waals surface area contributed by atoms with E-state index in [2.05, 4.69) is 46.4 Å². The lowest BCUT2D eigenvalue weighted by molar-refractivity contribution is 1.28. The fraction of sp³-hybridized carbons (Fsp3) is 0. The number of hydrogen-bond donors (Lipinski definition) is 0. The van der Waals surface area contributed by atoms with Crippen LogP contribution in [0.25, 0.3) is 55.7 Å². The quantitative estimate of drug-likeness (QED) is 0.331. The second-order valence-corrected chi connectivity index (χ2v) is 7.58. The molecule has 0 aliphatic heterocycles. The largest absolute Gasteiger partial charge is 0.254 e. The maximum Gasteiger partial charge on any atom is 0.0965 e. The van der Waals surface area contributed by atoms with E-state index in [1.165, 1.54) is 0 Å². The zero-order valence-corrected chi connectivity index (χ0v) is 17.2. The number of aromatic nitrogens is 4. The first-order chi connectivity index (χ1) is 15.9. The Kier molecular flexibility index (Phi) is 4.40.